The van der Waals surface area contributed by atoms with Crippen molar-refractivity contribution >= 4 is 12.1 Å². The van der Waals surface area contributed by atoms with E-state index in [9.17, 15) is 14.7 Å². The fraction of sp³-hybridized carbons (Fsp3) is 0.500. The molecule has 0 aromatic carbocycles. The van der Waals surface area contributed by atoms with Crippen molar-refractivity contribution in [3.05, 3.63) is 6.07 Å². The molecule has 0 radical (unpaired) electrons. The van der Waals surface area contributed by atoms with Crippen molar-refractivity contribution < 1.29 is 34.0 Å². The van der Waals surface area contributed by atoms with Gasteiger partial charge >= 0.3 is 12.1 Å². The van der Waals surface area contributed by atoms with Gasteiger partial charge in [0.25, 0.3) is 0 Å². The molecule has 1 atom stereocenters. The Kier molecular flexibility index (Phi) is 4.49. The van der Waals surface area contributed by atoms with Gasteiger partial charge in [0.2, 0.25) is 12.2 Å². The zero-order valence-corrected chi connectivity index (χ0v) is 11.6. The zero-order chi connectivity index (χ0) is 15.5. The standard InChI is InChI=1S/C12H17NO7/c1-6(18-10(16)12(2,3)4)19-11(17)20-7-5-8(14)13-9(7)15/h5-6,13-15H,1-4H3/t6-/m1/s1. The molecule has 0 amide bonds. The number of H-pyrrole nitrogens is 1. The predicted molar refractivity (Wildman–Crippen MR) is 66.2 cm³/mol. The summed E-state index contributed by atoms with van der Waals surface area (Å²) in [6.07, 6.45) is -2.34. The number of aromatic hydroxyl groups is 2. The Labute approximate surface area is 115 Å². The molecule has 8 nitrogen and oxygen atoms in total. The van der Waals surface area contributed by atoms with Crippen molar-refractivity contribution in [3.63, 3.8) is 0 Å². The first-order valence-electron chi connectivity index (χ1n) is 5.80. The van der Waals surface area contributed by atoms with Crippen LogP contribution in [0.2, 0.25) is 0 Å². The molecule has 0 aliphatic rings. The Morgan fingerprint density at radius 2 is 1.85 bits per heavy atom. The Bertz CT molecular complexity index is 500. The molecular weight excluding hydrogens is 270 g/mol. The zero-order valence-electron chi connectivity index (χ0n) is 11.6. The molecule has 3 N–H and O–H groups in total. The fourth-order valence-corrected chi connectivity index (χ4v) is 1.09. The second-order valence-electron chi connectivity index (χ2n) is 5.06. The van der Waals surface area contributed by atoms with Crippen molar-refractivity contribution in [3.8, 4) is 17.5 Å². The molecule has 8 heteroatoms. The van der Waals surface area contributed by atoms with Crippen LogP contribution in [0.1, 0.15) is 27.7 Å². The maximum absolute atomic E-state index is 11.5. The van der Waals surface area contributed by atoms with Crippen LogP contribution in [0.15, 0.2) is 6.07 Å². The summed E-state index contributed by atoms with van der Waals surface area (Å²) < 4.78 is 14.2. The van der Waals surface area contributed by atoms with Gasteiger partial charge in [-0.15, -0.1) is 0 Å². The lowest BCUT2D eigenvalue weighted by Gasteiger charge is -2.20. The Morgan fingerprint density at radius 3 is 2.30 bits per heavy atom. The second-order valence-corrected chi connectivity index (χ2v) is 5.06. The molecule has 0 fully saturated rings. The van der Waals surface area contributed by atoms with E-state index in [0.717, 1.165) is 6.07 Å². The van der Waals surface area contributed by atoms with Gasteiger partial charge in [-0.2, -0.15) is 0 Å². The Balaban J connectivity index is 2.50. The molecule has 0 spiro atoms. The smallest absolute Gasteiger partial charge is 0.494 e. The number of esters is 1. The van der Waals surface area contributed by atoms with E-state index in [1.54, 1.807) is 20.8 Å². The van der Waals surface area contributed by atoms with Crippen molar-refractivity contribution in [2.45, 2.75) is 34.0 Å². The van der Waals surface area contributed by atoms with E-state index in [1.807, 2.05) is 0 Å². The molecule has 0 aliphatic carbocycles. The van der Waals surface area contributed by atoms with Crippen molar-refractivity contribution in [1.82, 2.24) is 4.98 Å². The average Bonchev–Trinajstić information content (AvgIpc) is 2.55. The minimum absolute atomic E-state index is 0.304. The van der Waals surface area contributed by atoms with Crippen LogP contribution < -0.4 is 4.74 Å². The van der Waals surface area contributed by atoms with Crippen LogP contribution in [0.5, 0.6) is 17.5 Å². The number of ether oxygens (including phenoxy) is 3. The minimum atomic E-state index is -1.19. The van der Waals surface area contributed by atoms with E-state index in [-0.39, 0.29) is 11.6 Å². The van der Waals surface area contributed by atoms with Crippen LogP contribution in [-0.2, 0) is 14.3 Å². The van der Waals surface area contributed by atoms with Crippen LogP contribution in [0.3, 0.4) is 0 Å². The molecule has 1 heterocycles. The van der Waals surface area contributed by atoms with Gasteiger partial charge in [0.15, 0.2) is 11.6 Å². The first kappa shape index (κ1) is 15.7. The average molecular weight is 287 g/mol. The first-order valence-corrected chi connectivity index (χ1v) is 5.80. The highest BCUT2D eigenvalue weighted by atomic mass is 16.8. The van der Waals surface area contributed by atoms with Gasteiger partial charge in [0.1, 0.15) is 0 Å². The summed E-state index contributed by atoms with van der Waals surface area (Å²) in [4.78, 5) is 25.0. The summed E-state index contributed by atoms with van der Waals surface area (Å²) in [6.45, 7) is 6.31. The van der Waals surface area contributed by atoms with E-state index in [1.165, 1.54) is 6.92 Å². The molecule has 1 aromatic heterocycles. The third kappa shape index (κ3) is 4.38. The summed E-state index contributed by atoms with van der Waals surface area (Å²) in [5, 5.41) is 18.3. The lowest BCUT2D eigenvalue weighted by atomic mass is 9.97. The first-order chi connectivity index (χ1) is 9.09. The summed E-state index contributed by atoms with van der Waals surface area (Å²) in [5.74, 6) is -1.75. The van der Waals surface area contributed by atoms with Gasteiger partial charge in [0, 0.05) is 13.0 Å². The molecule has 20 heavy (non-hydrogen) atoms. The number of hydrogen-bond donors (Lipinski definition) is 3. The predicted octanol–water partition coefficient (Wildman–Crippen LogP) is 1.88. The third-order valence-corrected chi connectivity index (χ3v) is 2.09. The Morgan fingerprint density at radius 1 is 1.25 bits per heavy atom. The van der Waals surface area contributed by atoms with Crippen LogP contribution in [-0.4, -0.2) is 33.6 Å². The van der Waals surface area contributed by atoms with Gasteiger partial charge in [-0.1, -0.05) is 0 Å². The molecule has 0 bridgehead atoms. The largest absolute Gasteiger partial charge is 0.517 e. The van der Waals surface area contributed by atoms with E-state index in [4.69, 9.17) is 9.84 Å². The SMILES string of the molecule is C[C@@H](OC(=O)Oc1cc(O)[nH]c1O)OC(=O)C(C)(C)C. The van der Waals surface area contributed by atoms with Gasteiger partial charge < -0.3 is 24.4 Å². The van der Waals surface area contributed by atoms with E-state index < -0.39 is 29.7 Å². The van der Waals surface area contributed by atoms with Crippen LogP contribution >= 0.6 is 0 Å². The summed E-state index contributed by atoms with van der Waals surface area (Å²) in [7, 11) is 0. The number of nitrogens with one attached hydrogen (secondary N) is 1. The fourth-order valence-electron chi connectivity index (χ4n) is 1.09. The summed E-state index contributed by atoms with van der Waals surface area (Å²) in [6, 6.07) is 0.989. The summed E-state index contributed by atoms with van der Waals surface area (Å²) >= 11 is 0. The van der Waals surface area contributed by atoms with Gasteiger partial charge in [-0.3, -0.25) is 9.78 Å². The van der Waals surface area contributed by atoms with Crippen molar-refractivity contribution in [1.29, 1.82) is 0 Å². The Hall–Kier alpha value is -2.38. The molecule has 0 saturated carbocycles. The molecule has 0 saturated heterocycles. The molecule has 0 unspecified atom stereocenters. The number of rotatable bonds is 3. The van der Waals surface area contributed by atoms with Gasteiger partial charge in [-0.05, 0) is 20.8 Å². The maximum Gasteiger partial charge on any atom is 0.517 e. The molecule has 0 aliphatic heterocycles. The van der Waals surface area contributed by atoms with Crippen molar-refractivity contribution in [2.75, 3.05) is 0 Å². The number of hydrogen-bond acceptors (Lipinski definition) is 7. The molecule has 1 aromatic rings. The third-order valence-electron chi connectivity index (χ3n) is 2.09. The van der Waals surface area contributed by atoms with E-state index in [0.29, 0.717) is 0 Å². The highest BCUT2D eigenvalue weighted by Crippen LogP contribution is 2.29. The summed E-state index contributed by atoms with van der Waals surface area (Å²) in [5.41, 5.74) is -0.730. The highest BCUT2D eigenvalue weighted by Gasteiger charge is 2.26. The maximum atomic E-state index is 11.5. The monoisotopic (exact) mass is 287 g/mol. The topological polar surface area (TPSA) is 118 Å². The van der Waals surface area contributed by atoms with Crippen molar-refractivity contribution in [2.24, 2.45) is 5.41 Å². The number of carbonyl (C=O) groups excluding carboxylic acids is 2. The number of aromatic nitrogens is 1. The molecular formula is C12H17NO7. The quantitative estimate of drug-likeness (QED) is 0.573. The normalized spacial score (nSPS) is 12.6. The lowest BCUT2D eigenvalue weighted by molar-refractivity contribution is -0.176. The van der Waals surface area contributed by atoms with Gasteiger partial charge in [-0.25, -0.2) is 4.79 Å². The highest BCUT2D eigenvalue weighted by molar-refractivity contribution is 5.75. The van der Waals surface area contributed by atoms with Crippen LogP contribution in [0.4, 0.5) is 4.79 Å². The van der Waals surface area contributed by atoms with E-state index in [2.05, 4.69) is 14.5 Å². The number of aromatic amines is 1. The molecule has 112 valence electrons. The van der Waals surface area contributed by atoms with Crippen LogP contribution in [0, 0.1) is 5.41 Å². The number of carbonyl (C=O) groups is 2. The lowest BCUT2D eigenvalue weighted by Crippen LogP contribution is -2.30. The van der Waals surface area contributed by atoms with Gasteiger partial charge in [0.05, 0.1) is 5.41 Å². The second kappa shape index (κ2) is 5.72. The van der Waals surface area contributed by atoms with E-state index >= 15 is 0 Å². The molecule has 1 rings (SSSR count). The minimum Gasteiger partial charge on any atom is -0.494 e. The van der Waals surface area contributed by atoms with Crippen LogP contribution in [0.25, 0.3) is 0 Å².